The number of aliphatic imine (C=N–C) groups is 1. The maximum absolute atomic E-state index is 5.27. The molecule has 1 aromatic rings. The van der Waals surface area contributed by atoms with Crippen molar-refractivity contribution in [3.63, 3.8) is 0 Å². The Labute approximate surface area is 168 Å². The summed E-state index contributed by atoms with van der Waals surface area (Å²) >= 11 is 0. The highest BCUT2D eigenvalue weighted by atomic mass is 16.5. The van der Waals surface area contributed by atoms with E-state index in [1.54, 1.807) is 19.6 Å². The monoisotopic (exact) mass is 378 g/mol. The summed E-state index contributed by atoms with van der Waals surface area (Å²) in [5, 5.41) is 0. The summed E-state index contributed by atoms with van der Waals surface area (Å²) in [6.45, 7) is 8.36. The van der Waals surface area contributed by atoms with E-state index in [2.05, 4.69) is 44.7 Å². The summed E-state index contributed by atoms with van der Waals surface area (Å²) in [6, 6.07) is 2.16. The van der Waals surface area contributed by atoms with E-state index in [9.17, 15) is 0 Å². The first kappa shape index (κ1) is 20.2. The van der Waals surface area contributed by atoms with Crippen molar-refractivity contribution in [3.8, 4) is 0 Å². The average molecular weight is 379 g/mol. The highest BCUT2D eigenvalue weighted by molar-refractivity contribution is 6.09. The Morgan fingerprint density at radius 1 is 1.29 bits per heavy atom. The summed E-state index contributed by atoms with van der Waals surface area (Å²) in [5.74, 6) is 0.842. The third-order valence-electron chi connectivity index (χ3n) is 5.24. The van der Waals surface area contributed by atoms with Crippen LogP contribution in [0.15, 0.2) is 59.7 Å². The van der Waals surface area contributed by atoms with Crippen LogP contribution in [0, 0.1) is 0 Å². The number of methoxy groups -OCH3 is 1. The van der Waals surface area contributed by atoms with Gasteiger partial charge in [-0.3, -0.25) is 9.89 Å². The van der Waals surface area contributed by atoms with Crippen LogP contribution in [0.5, 0.6) is 0 Å². The largest absolute Gasteiger partial charge is 0.501 e. The van der Waals surface area contributed by atoms with Crippen LogP contribution >= 0.6 is 0 Å². The maximum atomic E-state index is 5.27. The molecule has 0 fully saturated rings. The quantitative estimate of drug-likeness (QED) is 0.510. The molecule has 0 atom stereocenters. The minimum atomic E-state index is 0.841. The summed E-state index contributed by atoms with van der Waals surface area (Å²) in [7, 11) is 1.67. The van der Waals surface area contributed by atoms with Gasteiger partial charge in [0, 0.05) is 31.9 Å². The molecule has 3 rings (SSSR count). The summed E-state index contributed by atoms with van der Waals surface area (Å²) in [6.07, 6.45) is 15.6. The van der Waals surface area contributed by atoms with E-state index in [1.165, 1.54) is 30.4 Å². The maximum Gasteiger partial charge on any atom is 0.116 e. The zero-order chi connectivity index (χ0) is 19.8. The standard InChI is InChI=1S/C23H30N4O/c1-4-24-22(14-18(2)28-3)20-10-12-27(13-11-20)16-21-15-23(26-17-25-21)19-8-6-5-7-9-19/h4,8,10,14-15,17H,1,5-7,9,11-13,16H2,2-3H3/b18-14+,24-22?. The Hall–Kier alpha value is -2.53. The molecule has 1 aliphatic carbocycles. The van der Waals surface area contributed by atoms with Gasteiger partial charge in [0.25, 0.3) is 0 Å². The van der Waals surface area contributed by atoms with E-state index < -0.39 is 0 Å². The van der Waals surface area contributed by atoms with Crippen molar-refractivity contribution in [1.29, 1.82) is 0 Å². The van der Waals surface area contributed by atoms with Crippen molar-refractivity contribution in [2.24, 2.45) is 4.99 Å². The number of hydrogen-bond acceptors (Lipinski definition) is 5. The predicted octanol–water partition coefficient (Wildman–Crippen LogP) is 4.70. The fourth-order valence-electron chi connectivity index (χ4n) is 3.61. The number of aromatic nitrogens is 2. The van der Waals surface area contributed by atoms with Gasteiger partial charge in [-0.05, 0) is 56.2 Å². The highest BCUT2D eigenvalue weighted by Crippen LogP contribution is 2.25. The molecule has 0 radical (unpaired) electrons. The Bertz CT molecular complexity index is 820. The Morgan fingerprint density at radius 2 is 2.18 bits per heavy atom. The van der Waals surface area contributed by atoms with Crippen molar-refractivity contribution in [2.75, 3.05) is 20.2 Å². The minimum Gasteiger partial charge on any atom is -0.501 e. The smallest absolute Gasteiger partial charge is 0.116 e. The zero-order valence-electron chi connectivity index (χ0n) is 17.0. The van der Waals surface area contributed by atoms with E-state index in [4.69, 9.17) is 4.74 Å². The van der Waals surface area contributed by atoms with E-state index in [1.807, 2.05) is 13.0 Å². The molecule has 5 nitrogen and oxygen atoms in total. The molecule has 0 unspecified atom stereocenters. The molecule has 148 valence electrons. The van der Waals surface area contributed by atoms with Gasteiger partial charge in [-0.1, -0.05) is 18.7 Å². The summed E-state index contributed by atoms with van der Waals surface area (Å²) in [4.78, 5) is 15.8. The summed E-state index contributed by atoms with van der Waals surface area (Å²) < 4.78 is 5.27. The minimum absolute atomic E-state index is 0.841. The second-order valence-electron chi connectivity index (χ2n) is 7.24. The molecule has 28 heavy (non-hydrogen) atoms. The van der Waals surface area contributed by atoms with Crippen LogP contribution in [0.3, 0.4) is 0 Å². The van der Waals surface area contributed by atoms with Crippen molar-refractivity contribution in [1.82, 2.24) is 14.9 Å². The van der Waals surface area contributed by atoms with Crippen molar-refractivity contribution in [3.05, 3.63) is 66.1 Å². The van der Waals surface area contributed by atoms with Gasteiger partial charge in [0.2, 0.25) is 0 Å². The number of rotatable bonds is 7. The third kappa shape index (κ3) is 5.49. The normalized spacial score (nSPS) is 19.1. The first-order valence-corrected chi connectivity index (χ1v) is 10.0. The lowest BCUT2D eigenvalue weighted by atomic mass is 9.97. The van der Waals surface area contributed by atoms with Crippen LogP contribution in [-0.4, -0.2) is 40.8 Å². The number of hydrogen-bond donors (Lipinski definition) is 0. The highest BCUT2D eigenvalue weighted by Gasteiger charge is 2.16. The van der Waals surface area contributed by atoms with Crippen LogP contribution < -0.4 is 0 Å². The number of nitrogens with zero attached hydrogens (tertiary/aromatic N) is 4. The molecule has 0 spiro atoms. The number of ether oxygens (including phenoxy) is 1. The van der Waals surface area contributed by atoms with E-state index in [0.29, 0.717) is 0 Å². The van der Waals surface area contributed by atoms with Crippen LogP contribution in [0.2, 0.25) is 0 Å². The van der Waals surface area contributed by atoms with Gasteiger partial charge in [0.05, 0.1) is 30.0 Å². The van der Waals surface area contributed by atoms with Crippen molar-refractivity contribution < 1.29 is 4.74 Å². The Balaban J connectivity index is 1.66. The van der Waals surface area contributed by atoms with Gasteiger partial charge in [0.15, 0.2) is 0 Å². The molecule has 2 aliphatic rings. The molecular formula is C23H30N4O. The molecule has 2 heterocycles. The summed E-state index contributed by atoms with van der Waals surface area (Å²) in [5.41, 5.74) is 5.73. The third-order valence-corrected chi connectivity index (χ3v) is 5.24. The molecule has 0 aromatic carbocycles. The van der Waals surface area contributed by atoms with Gasteiger partial charge in [-0.25, -0.2) is 9.97 Å². The first-order valence-electron chi connectivity index (χ1n) is 10.0. The van der Waals surface area contributed by atoms with Gasteiger partial charge in [-0.2, -0.15) is 0 Å². The second kappa shape index (κ2) is 10.1. The van der Waals surface area contributed by atoms with E-state index in [-0.39, 0.29) is 0 Å². The van der Waals surface area contributed by atoms with Gasteiger partial charge in [-0.15, -0.1) is 0 Å². The van der Waals surface area contributed by atoms with E-state index in [0.717, 1.165) is 55.3 Å². The van der Waals surface area contributed by atoms with Crippen LogP contribution in [0.4, 0.5) is 0 Å². The lowest BCUT2D eigenvalue weighted by Crippen LogP contribution is -2.30. The molecular weight excluding hydrogens is 348 g/mol. The van der Waals surface area contributed by atoms with Crippen LogP contribution in [0.25, 0.3) is 5.57 Å². The Kier molecular flexibility index (Phi) is 7.31. The van der Waals surface area contributed by atoms with Gasteiger partial charge >= 0.3 is 0 Å². The van der Waals surface area contributed by atoms with Gasteiger partial charge < -0.3 is 4.74 Å². The van der Waals surface area contributed by atoms with Gasteiger partial charge in [0.1, 0.15) is 6.33 Å². The molecule has 5 heteroatoms. The fraction of sp³-hybridized carbons (Fsp3) is 0.435. The van der Waals surface area contributed by atoms with E-state index >= 15 is 0 Å². The zero-order valence-corrected chi connectivity index (χ0v) is 17.0. The molecule has 0 amide bonds. The Morgan fingerprint density at radius 3 is 2.86 bits per heavy atom. The van der Waals surface area contributed by atoms with Crippen LogP contribution in [0.1, 0.15) is 50.4 Å². The average Bonchev–Trinajstić information content (AvgIpc) is 2.75. The van der Waals surface area contributed by atoms with Crippen molar-refractivity contribution >= 4 is 11.3 Å². The molecule has 0 saturated carbocycles. The van der Waals surface area contributed by atoms with Crippen molar-refractivity contribution in [2.45, 2.75) is 45.6 Å². The topological polar surface area (TPSA) is 50.6 Å². The SMILES string of the molecule is C=CN=C(/C=C(\C)OC)C1=CCN(Cc2cc(C3=CCCCC3)ncn2)CC1. The molecule has 0 N–H and O–H groups in total. The fourth-order valence-corrected chi connectivity index (χ4v) is 3.61. The second-order valence-corrected chi connectivity index (χ2v) is 7.24. The lowest BCUT2D eigenvalue weighted by Gasteiger charge is -2.26. The molecule has 0 bridgehead atoms. The molecule has 1 aromatic heterocycles. The first-order chi connectivity index (χ1) is 13.7. The predicted molar refractivity (Wildman–Crippen MR) is 115 cm³/mol. The molecule has 0 saturated heterocycles. The number of allylic oxidation sites excluding steroid dienone is 4. The molecule has 1 aliphatic heterocycles. The lowest BCUT2D eigenvalue weighted by molar-refractivity contribution is 0.284. The van der Waals surface area contributed by atoms with Crippen LogP contribution in [-0.2, 0) is 11.3 Å².